The van der Waals surface area contributed by atoms with Crippen molar-refractivity contribution in [1.82, 2.24) is 10.2 Å². The number of hydrogen-bond donors (Lipinski definition) is 1. The molecule has 1 aliphatic carbocycles. The van der Waals surface area contributed by atoms with Crippen molar-refractivity contribution >= 4 is 17.8 Å². The number of ether oxygens (including phenoxy) is 1. The molecule has 1 aromatic rings. The Kier molecular flexibility index (Phi) is 7.56. The molecule has 1 atom stereocenters. The number of nitrogens with one attached hydrogen (secondary N) is 1. The van der Waals surface area contributed by atoms with Crippen molar-refractivity contribution in [2.75, 3.05) is 13.7 Å². The Balaban J connectivity index is 1.79. The van der Waals surface area contributed by atoms with Gasteiger partial charge in [0.2, 0.25) is 0 Å². The maximum atomic E-state index is 12.4. The molecule has 1 aromatic carbocycles. The lowest BCUT2D eigenvalue weighted by Crippen LogP contribution is -2.51. The lowest BCUT2D eigenvalue weighted by atomic mass is 9.81. The summed E-state index contributed by atoms with van der Waals surface area (Å²) in [6.07, 6.45) is 4.11. The molecule has 1 fully saturated rings. The molecule has 0 heterocycles. The molecule has 28 heavy (non-hydrogen) atoms. The highest BCUT2D eigenvalue weighted by molar-refractivity contribution is 5.94. The monoisotopic (exact) mass is 385 g/mol. The van der Waals surface area contributed by atoms with E-state index in [0.717, 1.165) is 19.3 Å². The summed E-state index contributed by atoms with van der Waals surface area (Å²) >= 11 is 0. The Bertz CT molecular complexity index is 736. The second kappa shape index (κ2) is 9.88. The third kappa shape index (κ3) is 5.56. The van der Waals surface area contributed by atoms with Gasteiger partial charge in [-0.2, -0.15) is 5.26 Å². The van der Waals surface area contributed by atoms with Gasteiger partial charge in [-0.25, -0.2) is 0 Å². The highest BCUT2D eigenvalue weighted by Gasteiger charge is 2.39. The van der Waals surface area contributed by atoms with Crippen molar-refractivity contribution < 1.29 is 19.1 Å². The third-order valence-electron chi connectivity index (χ3n) is 5.15. The number of benzene rings is 1. The van der Waals surface area contributed by atoms with Gasteiger partial charge in [-0.3, -0.25) is 14.4 Å². The van der Waals surface area contributed by atoms with Crippen molar-refractivity contribution in [3.63, 3.8) is 0 Å². The van der Waals surface area contributed by atoms with E-state index in [1.54, 1.807) is 38.2 Å². The van der Waals surface area contributed by atoms with Crippen molar-refractivity contribution in [3.05, 3.63) is 35.9 Å². The molecular weight excluding hydrogens is 358 g/mol. The minimum atomic E-state index is -0.807. The van der Waals surface area contributed by atoms with Crippen LogP contribution in [0.15, 0.2) is 30.3 Å². The van der Waals surface area contributed by atoms with Crippen molar-refractivity contribution in [3.8, 4) is 6.07 Å². The molecule has 0 bridgehead atoms. The molecule has 1 N–H and O–H groups in total. The SMILES string of the molecule is CC(CC(=O)OCC(=O)N(C)C1(C#N)CCCCC1)NC(=O)c1ccccc1. The first kappa shape index (κ1) is 21.4. The van der Waals surface area contributed by atoms with Crippen molar-refractivity contribution in [2.24, 2.45) is 0 Å². The van der Waals surface area contributed by atoms with Gasteiger partial charge < -0.3 is 15.0 Å². The van der Waals surface area contributed by atoms with E-state index >= 15 is 0 Å². The normalized spacial score (nSPS) is 16.3. The summed E-state index contributed by atoms with van der Waals surface area (Å²) in [5.41, 5.74) is -0.299. The van der Waals surface area contributed by atoms with E-state index < -0.39 is 30.1 Å². The number of nitriles is 1. The standard InChI is InChI=1S/C21H27N3O4/c1-16(23-20(27)17-9-5-3-6-10-17)13-19(26)28-14-18(25)24(2)21(15-22)11-7-4-8-12-21/h3,5-6,9-10,16H,4,7-8,11-14H2,1-2H3,(H,23,27). The van der Waals surface area contributed by atoms with E-state index in [2.05, 4.69) is 11.4 Å². The summed E-state index contributed by atoms with van der Waals surface area (Å²) in [4.78, 5) is 37.9. The first-order valence-corrected chi connectivity index (χ1v) is 9.57. The average Bonchev–Trinajstić information content (AvgIpc) is 2.72. The van der Waals surface area contributed by atoms with Gasteiger partial charge in [0.1, 0.15) is 5.54 Å². The van der Waals surface area contributed by atoms with E-state index in [1.807, 2.05) is 6.07 Å². The fourth-order valence-corrected chi connectivity index (χ4v) is 3.39. The lowest BCUT2D eigenvalue weighted by Gasteiger charge is -2.38. The van der Waals surface area contributed by atoms with E-state index in [9.17, 15) is 19.6 Å². The molecule has 1 unspecified atom stereocenters. The van der Waals surface area contributed by atoms with Crippen LogP contribution in [0, 0.1) is 11.3 Å². The number of amides is 2. The number of hydrogen-bond acceptors (Lipinski definition) is 5. The molecule has 0 aliphatic heterocycles. The number of esters is 1. The van der Waals surface area contributed by atoms with Crippen LogP contribution in [0.1, 0.15) is 55.8 Å². The molecule has 0 aromatic heterocycles. The Morgan fingerprint density at radius 3 is 2.46 bits per heavy atom. The smallest absolute Gasteiger partial charge is 0.308 e. The van der Waals surface area contributed by atoms with Gasteiger partial charge in [0.05, 0.1) is 12.5 Å². The predicted molar refractivity (Wildman–Crippen MR) is 103 cm³/mol. The highest BCUT2D eigenvalue weighted by atomic mass is 16.5. The summed E-state index contributed by atoms with van der Waals surface area (Å²) in [5.74, 6) is -1.24. The largest absolute Gasteiger partial charge is 0.456 e. The number of carbonyl (C=O) groups is 3. The van der Waals surface area contributed by atoms with Gasteiger partial charge in [0.25, 0.3) is 11.8 Å². The van der Waals surface area contributed by atoms with Gasteiger partial charge in [0, 0.05) is 18.7 Å². The van der Waals surface area contributed by atoms with Crippen LogP contribution in [0.4, 0.5) is 0 Å². The quantitative estimate of drug-likeness (QED) is 0.727. The first-order valence-electron chi connectivity index (χ1n) is 9.57. The minimum Gasteiger partial charge on any atom is -0.456 e. The van der Waals surface area contributed by atoms with Crippen LogP contribution >= 0.6 is 0 Å². The van der Waals surface area contributed by atoms with Gasteiger partial charge in [-0.05, 0) is 31.9 Å². The minimum absolute atomic E-state index is 0.0427. The topological polar surface area (TPSA) is 99.5 Å². The molecule has 2 rings (SSSR count). The zero-order valence-electron chi connectivity index (χ0n) is 16.4. The van der Waals surface area contributed by atoms with E-state index in [0.29, 0.717) is 18.4 Å². The molecule has 0 radical (unpaired) electrons. The molecule has 150 valence electrons. The van der Waals surface area contributed by atoms with Gasteiger partial charge in [0.15, 0.2) is 6.61 Å². The molecule has 0 spiro atoms. The van der Waals surface area contributed by atoms with E-state index in [1.165, 1.54) is 4.90 Å². The summed E-state index contributed by atoms with van der Waals surface area (Å²) < 4.78 is 5.07. The first-order chi connectivity index (χ1) is 13.4. The number of rotatable bonds is 7. The van der Waals surface area contributed by atoms with Crippen LogP contribution in [-0.2, 0) is 14.3 Å². The maximum Gasteiger partial charge on any atom is 0.308 e. The van der Waals surface area contributed by atoms with E-state index in [4.69, 9.17) is 4.74 Å². The predicted octanol–water partition coefficient (Wildman–Crippen LogP) is 2.42. The van der Waals surface area contributed by atoms with Crippen LogP contribution in [0.3, 0.4) is 0 Å². The van der Waals surface area contributed by atoms with Crippen LogP contribution < -0.4 is 5.32 Å². The number of nitrogens with zero attached hydrogens (tertiary/aromatic N) is 2. The van der Waals surface area contributed by atoms with Gasteiger partial charge in [-0.1, -0.05) is 37.5 Å². The van der Waals surface area contributed by atoms with Crippen LogP contribution in [0.5, 0.6) is 0 Å². The lowest BCUT2D eigenvalue weighted by molar-refractivity contribution is -0.153. The fraction of sp³-hybridized carbons (Fsp3) is 0.524. The van der Waals surface area contributed by atoms with Gasteiger partial charge in [-0.15, -0.1) is 0 Å². The zero-order chi connectivity index (χ0) is 20.6. The van der Waals surface area contributed by atoms with Crippen LogP contribution in [0.2, 0.25) is 0 Å². The second-order valence-electron chi connectivity index (χ2n) is 7.26. The molecule has 2 amide bonds. The Morgan fingerprint density at radius 1 is 1.21 bits per heavy atom. The van der Waals surface area contributed by atoms with E-state index in [-0.39, 0.29) is 12.3 Å². The summed E-state index contributed by atoms with van der Waals surface area (Å²) in [5, 5.41) is 12.3. The molecule has 1 aliphatic rings. The number of likely N-dealkylation sites (N-methyl/N-ethyl adjacent to an activating group) is 1. The van der Waals surface area contributed by atoms with Crippen LogP contribution in [-0.4, -0.2) is 47.9 Å². The van der Waals surface area contributed by atoms with Gasteiger partial charge >= 0.3 is 5.97 Å². The Hall–Kier alpha value is -2.88. The Morgan fingerprint density at radius 2 is 1.86 bits per heavy atom. The average molecular weight is 385 g/mol. The molecule has 1 saturated carbocycles. The maximum absolute atomic E-state index is 12.4. The summed E-state index contributed by atoms with van der Waals surface area (Å²) in [6, 6.07) is 10.5. The number of carbonyl (C=O) groups excluding carboxylic acids is 3. The molecule has 7 nitrogen and oxygen atoms in total. The molecular formula is C21H27N3O4. The van der Waals surface area contributed by atoms with Crippen molar-refractivity contribution in [1.29, 1.82) is 5.26 Å². The zero-order valence-corrected chi connectivity index (χ0v) is 16.4. The highest BCUT2D eigenvalue weighted by Crippen LogP contribution is 2.32. The third-order valence-corrected chi connectivity index (χ3v) is 5.15. The van der Waals surface area contributed by atoms with Crippen molar-refractivity contribution in [2.45, 2.75) is 57.0 Å². The molecule has 0 saturated heterocycles. The second-order valence-corrected chi connectivity index (χ2v) is 7.26. The summed E-state index contributed by atoms with van der Waals surface area (Å²) in [6.45, 7) is 1.29. The molecule has 7 heteroatoms. The van der Waals surface area contributed by atoms with Crippen LogP contribution in [0.25, 0.3) is 0 Å². The fourth-order valence-electron chi connectivity index (χ4n) is 3.39. The Labute approximate surface area is 165 Å². The summed E-state index contributed by atoms with van der Waals surface area (Å²) in [7, 11) is 1.59.